The number of aliphatic carboxylic acids is 1. The number of carbonyl (C=O) groups is 2. The summed E-state index contributed by atoms with van der Waals surface area (Å²) in [5.41, 5.74) is 1.74. The van der Waals surface area contributed by atoms with Crippen molar-refractivity contribution in [2.75, 3.05) is 11.9 Å². The van der Waals surface area contributed by atoms with Crippen LogP contribution in [0, 0.1) is 6.92 Å². The van der Waals surface area contributed by atoms with E-state index in [4.69, 9.17) is 9.84 Å². The van der Waals surface area contributed by atoms with Crippen LogP contribution in [0.4, 0.5) is 18.9 Å². The molecule has 0 bridgehead atoms. The Kier molecular flexibility index (Phi) is 7.32. The third-order valence-electron chi connectivity index (χ3n) is 4.14. The summed E-state index contributed by atoms with van der Waals surface area (Å²) in [6, 6.07) is 6.97. The van der Waals surface area contributed by atoms with Crippen molar-refractivity contribution in [2.24, 2.45) is 0 Å². The molecule has 2 aromatic rings. The number of halogens is 3. The van der Waals surface area contributed by atoms with Crippen molar-refractivity contribution in [2.45, 2.75) is 33.2 Å². The summed E-state index contributed by atoms with van der Waals surface area (Å²) >= 11 is 0. The summed E-state index contributed by atoms with van der Waals surface area (Å²) in [4.78, 5) is 23.4. The van der Waals surface area contributed by atoms with Crippen LogP contribution in [0.2, 0.25) is 0 Å². The normalized spacial score (nSPS) is 11.6. The van der Waals surface area contributed by atoms with E-state index in [1.54, 1.807) is 13.0 Å². The van der Waals surface area contributed by atoms with Crippen LogP contribution >= 0.6 is 0 Å². The van der Waals surface area contributed by atoms with Crippen LogP contribution < -0.4 is 14.4 Å². The van der Waals surface area contributed by atoms with Gasteiger partial charge in [-0.15, -0.1) is 13.2 Å². The van der Waals surface area contributed by atoms with E-state index in [9.17, 15) is 22.8 Å². The Hall–Kier alpha value is -3.49. The van der Waals surface area contributed by atoms with E-state index >= 15 is 0 Å². The molecule has 0 atom stereocenters. The Labute approximate surface area is 177 Å². The Morgan fingerprint density at radius 2 is 1.81 bits per heavy atom. The van der Waals surface area contributed by atoms with Gasteiger partial charge in [-0.3, -0.25) is 4.79 Å². The number of aryl methyl sites for hydroxylation is 1. The molecule has 0 aliphatic rings. The second-order valence-corrected chi connectivity index (χ2v) is 6.99. The summed E-state index contributed by atoms with van der Waals surface area (Å²) in [7, 11) is 1.49. The average molecular weight is 437 g/mol. The lowest BCUT2D eigenvalue weighted by Gasteiger charge is -2.22. The predicted octanol–water partition coefficient (Wildman–Crippen LogP) is 5.04. The maximum atomic E-state index is 13.0. The number of benzene rings is 2. The van der Waals surface area contributed by atoms with Gasteiger partial charge < -0.3 is 19.5 Å². The molecule has 0 fully saturated rings. The number of alkyl halides is 3. The number of hydrogen-bond acceptors (Lipinski definition) is 4. The highest BCUT2D eigenvalue weighted by Crippen LogP contribution is 2.41. The van der Waals surface area contributed by atoms with Gasteiger partial charge in [0.05, 0.1) is 11.8 Å². The average Bonchev–Trinajstić information content (AvgIpc) is 2.65. The maximum absolute atomic E-state index is 13.0. The number of carbonyl (C=O) groups excluding carboxylic acids is 1. The molecule has 0 spiro atoms. The first-order valence-corrected chi connectivity index (χ1v) is 9.22. The molecule has 0 heterocycles. The minimum atomic E-state index is -4.93. The van der Waals surface area contributed by atoms with Gasteiger partial charge in [-0.25, -0.2) is 4.79 Å². The molecule has 0 unspecified atom stereocenters. The van der Waals surface area contributed by atoms with Crippen molar-refractivity contribution >= 4 is 24.1 Å². The second-order valence-electron chi connectivity index (χ2n) is 6.99. The predicted molar refractivity (Wildman–Crippen MR) is 110 cm³/mol. The summed E-state index contributed by atoms with van der Waals surface area (Å²) in [5, 5.41) is 8.83. The number of amides is 1. The molecule has 0 aliphatic carbocycles. The summed E-state index contributed by atoms with van der Waals surface area (Å²) in [5.74, 6) is -1.26. The van der Waals surface area contributed by atoms with Crippen LogP contribution in [-0.4, -0.2) is 37.0 Å². The highest BCUT2D eigenvalue weighted by molar-refractivity contribution is 5.88. The standard InChI is InChI=1S/C22H22F3NO5/c1-13(2)30-20-9-14(3)16(11-18(20)26(4)12-27)17-10-15(6-8-21(28)29)5-7-19(17)31-22(23,24)25/h5-13H,1-4H3,(H,28,29). The molecule has 1 amide bonds. The minimum Gasteiger partial charge on any atom is -0.489 e. The lowest BCUT2D eigenvalue weighted by molar-refractivity contribution is -0.274. The van der Waals surface area contributed by atoms with Gasteiger partial charge in [-0.2, -0.15) is 0 Å². The summed E-state index contributed by atoms with van der Waals surface area (Å²) in [6.45, 7) is 5.30. The van der Waals surface area contributed by atoms with Crippen molar-refractivity contribution in [3.05, 3.63) is 47.5 Å². The molecular formula is C22H22F3NO5. The molecule has 0 saturated heterocycles. The number of ether oxygens (including phenoxy) is 2. The molecule has 0 aliphatic heterocycles. The molecule has 1 N–H and O–H groups in total. The van der Waals surface area contributed by atoms with Gasteiger partial charge in [0.15, 0.2) is 0 Å². The van der Waals surface area contributed by atoms with Crippen LogP contribution in [-0.2, 0) is 9.59 Å². The molecule has 2 aromatic carbocycles. The van der Waals surface area contributed by atoms with Gasteiger partial charge >= 0.3 is 12.3 Å². The van der Waals surface area contributed by atoms with E-state index in [-0.39, 0.29) is 11.7 Å². The van der Waals surface area contributed by atoms with E-state index in [0.717, 1.165) is 12.1 Å². The van der Waals surface area contributed by atoms with Gasteiger partial charge in [0.2, 0.25) is 6.41 Å². The van der Waals surface area contributed by atoms with Crippen molar-refractivity contribution in [3.63, 3.8) is 0 Å². The van der Waals surface area contributed by atoms with E-state index in [0.29, 0.717) is 34.5 Å². The molecule has 31 heavy (non-hydrogen) atoms. The molecule has 2 rings (SSSR count). The number of carboxylic acid groups (broad SMARTS) is 1. The van der Waals surface area contributed by atoms with Crippen LogP contribution in [0.5, 0.6) is 11.5 Å². The zero-order valence-electron chi connectivity index (χ0n) is 17.4. The third-order valence-corrected chi connectivity index (χ3v) is 4.14. The second kappa shape index (κ2) is 9.55. The number of hydrogen-bond donors (Lipinski definition) is 1. The molecule has 0 saturated carbocycles. The van der Waals surface area contributed by atoms with Crippen LogP contribution in [0.3, 0.4) is 0 Å². The number of nitrogens with zero attached hydrogens (tertiary/aromatic N) is 1. The van der Waals surface area contributed by atoms with Crippen molar-refractivity contribution in [1.82, 2.24) is 0 Å². The van der Waals surface area contributed by atoms with Crippen molar-refractivity contribution < 1.29 is 37.3 Å². The lowest BCUT2D eigenvalue weighted by Crippen LogP contribution is -2.18. The largest absolute Gasteiger partial charge is 0.573 e. The Balaban J connectivity index is 2.74. The first kappa shape index (κ1) is 23.8. The Bertz CT molecular complexity index is 999. The van der Waals surface area contributed by atoms with Crippen molar-refractivity contribution in [3.8, 4) is 22.6 Å². The van der Waals surface area contributed by atoms with Gasteiger partial charge in [0.1, 0.15) is 11.5 Å². The zero-order valence-corrected chi connectivity index (χ0v) is 17.4. The molecule has 166 valence electrons. The molecule has 6 nitrogen and oxygen atoms in total. The molecular weight excluding hydrogens is 415 g/mol. The van der Waals surface area contributed by atoms with Crippen LogP contribution in [0.1, 0.15) is 25.0 Å². The fourth-order valence-electron chi connectivity index (χ4n) is 2.88. The van der Waals surface area contributed by atoms with Crippen LogP contribution in [0.15, 0.2) is 36.4 Å². The van der Waals surface area contributed by atoms with Gasteiger partial charge in [-0.05, 0) is 67.8 Å². The quantitative estimate of drug-likeness (QED) is 0.463. The first-order chi connectivity index (χ1) is 14.4. The third kappa shape index (κ3) is 6.50. The fourth-order valence-corrected chi connectivity index (χ4v) is 2.88. The van der Waals surface area contributed by atoms with Gasteiger partial charge in [0.25, 0.3) is 0 Å². The smallest absolute Gasteiger partial charge is 0.489 e. The van der Waals surface area contributed by atoms with Crippen molar-refractivity contribution in [1.29, 1.82) is 0 Å². The Morgan fingerprint density at radius 1 is 1.13 bits per heavy atom. The van der Waals surface area contributed by atoms with Gasteiger partial charge in [0, 0.05) is 18.7 Å². The molecule has 0 aromatic heterocycles. The highest BCUT2D eigenvalue weighted by atomic mass is 19.4. The highest BCUT2D eigenvalue weighted by Gasteiger charge is 2.32. The lowest BCUT2D eigenvalue weighted by atomic mass is 9.96. The maximum Gasteiger partial charge on any atom is 0.573 e. The first-order valence-electron chi connectivity index (χ1n) is 9.22. The number of rotatable bonds is 8. The van der Waals surface area contributed by atoms with Gasteiger partial charge in [-0.1, -0.05) is 6.07 Å². The van der Waals surface area contributed by atoms with E-state index in [2.05, 4.69) is 4.74 Å². The van der Waals surface area contributed by atoms with E-state index < -0.39 is 18.1 Å². The Morgan fingerprint density at radius 3 is 2.35 bits per heavy atom. The topological polar surface area (TPSA) is 76.1 Å². The van der Waals surface area contributed by atoms with Crippen LogP contribution in [0.25, 0.3) is 17.2 Å². The number of carboxylic acids is 1. The monoisotopic (exact) mass is 437 g/mol. The summed E-state index contributed by atoms with van der Waals surface area (Å²) < 4.78 is 48.9. The van der Waals surface area contributed by atoms with E-state index in [1.165, 1.54) is 36.2 Å². The SMILES string of the molecule is Cc1cc(OC(C)C)c(N(C)C=O)cc1-c1cc(C=CC(=O)O)ccc1OC(F)(F)F. The summed E-state index contributed by atoms with van der Waals surface area (Å²) in [6.07, 6.45) is -2.43. The minimum absolute atomic E-state index is 0.0824. The molecule has 0 radical (unpaired) electrons. The number of anilines is 1. The zero-order chi connectivity index (χ0) is 23.3. The fraction of sp³-hybridized carbons (Fsp3) is 0.273. The van der Waals surface area contributed by atoms with E-state index in [1.807, 2.05) is 13.8 Å². The molecule has 9 heteroatoms.